The minimum atomic E-state index is -1.40. The quantitative estimate of drug-likeness (QED) is 0.268. The van der Waals surface area contributed by atoms with Gasteiger partial charge in [-0.05, 0) is 47.9 Å². The van der Waals surface area contributed by atoms with E-state index < -0.39 is 6.30 Å². The Balaban J connectivity index is 1.61. The Morgan fingerprint density at radius 2 is 1.91 bits per heavy atom. The molecule has 1 atom stereocenters. The highest BCUT2D eigenvalue weighted by atomic mass is 19.1. The zero-order valence-electron chi connectivity index (χ0n) is 18.4. The lowest BCUT2D eigenvalue weighted by molar-refractivity contribution is -0.142. The van der Waals surface area contributed by atoms with Gasteiger partial charge in [0, 0.05) is 22.9 Å². The zero-order valence-corrected chi connectivity index (χ0v) is 18.4. The number of hydrogen-bond donors (Lipinski definition) is 1. The molecule has 0 unspecified atom stereocenters. The smallest absolute Gasteiger partial charge is 0.310 e. The van der Waals surface area contributed by atoms with Crippen LogP contribution in [0.2, 0.25) is 0 Å². The van der Waals surface area contributed by atoms with Gasteiger partial charge in [-0.1, -0.05) is 42.5 Å². The number of halogens is 1. The van der Waals surface area contributed by atoms with Crippen molar-refractivity contribution in [2.45, 2.75) is 32.7 Å². The standard InChI is InChI=1S/C27H26FNO4/c1-2-31-26(30)16-21-7-3-4-9-24(21)33-17-19-13-22-10-11-32-27(22)23(14-19)20-8-5-6-18(12-20)15-25(28)29/h3-14,25H,2,15-17,29H2,1H3/t25-/m1/s1. The molecule has 0 aliphatic carbocycles. The maximum atomic E-state index is 13.3. The molecule has 0 bridgehead atoms. The predicted octanol–water partition coefficient (Wildman–Crippen LogP) is 5.58. The topological polar surface area (TPSA) is 74.7 Å². The van der Waals surface area contributed by atoms with Crippen LogP contribution in [0, 0.1) is 0 Å². The molecular weight excluding hydrogens is 421 g/mol. The van der Waals surface area contributed by atoms with E-state index in [2.05, 4.69) is 0 Å². The van der Waals surface area contributed by atoms with Crippen molar-refractivity contribution in [2.24, 2.45) is 5.73 Å². The first-order chi connectivity index (χ1) is 16.0. The number of hydrogen-bond acceptors (Lipinski definition) is 5. The van der Waals surface area contributed by atoms with E-state index in [1.807, 2.05) is 66.7 Å². The highest BCUT2D eigenvalue weighted by Gasteiger charge is 2.13. The maximum Gasteiger partial charge on any atom is 0.310 e. The molecular formula is C27H26FNO4. The first-order valence-electron chi connectivity index (χ1n) is 10.9. The van der Waals surface area contributed by atoms with Crippen LogP contribution < -0.4 is 10.5 Å². The van der Waals surface area contributed by atoms with Gasteiger partial charge in [-0.3, -0.25) is 4.79 Å². The summed E-state index contributed by atoms with van der Waals surface area (Å²) in [6, 6.07) is 21.0. The summed E-state index contributed by atoms with van der Waals surface area (Å²) in [5.41, 5.74) is 10.4. The van der Waals surface area contributed by atoms with Gasteiger partial charge < -0.3 is 19.6 Å². The molecule has 170 valence electrons. The summed E-state index contributed by atoms with van der Waals surface area (Å²) in [7, 11) is 0. The average Bonchev–Trinajstić information content (AvgIpc) is 3.26. The summed E-state index contributed by atoms with van der Waals surface area (Å²) in [5, 5.41) is 0.943. The molecule has 0 spiro atoms. The highest BCUT2D eigenvalue weighted by molar-refractivity contribution is 5.93. The molecule has 0 saturated heterocycles. The van der Waals surface area contributed by atoms with Crippen molar-refractivity contribution in [2.75, 3.05) is 6.61 Å². The Morgan fingerprint density at radius 1 is 1.06 bits per heavy atom. The van der Waals surface area contributed by atoms with Crippen molar-refractivity contribution in [1.29, 1.82) is 0 Å². The fraction of sp³-hybridized carbons (Fsp3) is 0.222. The summed E-state index contributed by atoms with van der Waals surface area (Å²) in [4.78, 5) is 11.9. The Labute approximate surface area is 191 Å². The van der Waals surface area contributed by atoms with E-state index in [1.165, 1.54) is 0 Å². The molecule has 6 heteroatoms. The number of carbonyl (C=O) groups is 1. The highest BCUT2D eigenvalue weighted by Crippen LogP contribution is 2.32. The molecule has 0 saturated carbocycles. The molecule has 2 N–H and O–H groups in total. The summed E-state index contributed by atoms with van der Waals surface area (Å²) >= 11 is 0. The second-order valence-electron chi connectivity index (χ2n) is 7.78. The first-order valence-corrected chi connectivity index (χ1v) is 10.9. The molecule has 3 aromatic carbocycles. The third-order valence-corrected chi connectivity index (χ3v) is 5.29. The molecule has 1 aromatic heterocycles. The number of ether oxygens (including phenoxy) is 2. The van der Waals surface area contributed by atoms with Crippen molar-refractivity contribution in [3.05, 3.63) is 89.7 Å². The van der Waals surface area contributed by atoms with Crippen LogP contribution in [-0.2, 0) is 29.0 Å². The fourth-order valence-corrected chi connectivity index (χ4v) is 3.85. The van der Waals surface area contributed by atoms with Gasteiger partial charge in [0.05, 0.1) is 19.3 Å². The van der Waals surface area contributed by atoms with Crippen molar-refractivity contribution in [1.82, 2.24) is 0 Å². The minimum absolute atomic E-state index is 0.148. The van der Waals surface area contributed by atoms with Crippen molar-refractivity contribution in [3.8, 4) is 16.9 Å². The van der Waals surface area contributed by atoms with E-state index in [1.54, 1.807) is 13.2 Å². The van der Waals surface area contributed by atoms with Gasteiger partial charge in [-0.15, -0.1) is 0 Å². The average molecular weight is 448 g/mol. The summed E-state index contributed by atoms with van der Waals surface area (Å²) < 4.78 is 30.2. The van der Waals surface area contributed by atoms with Gasteiger partial charge in [-0.25, -0.2) is 4.39 Å². The first kappa shape index (κ1) is 22.6. The SMILES string of the molecule is CCOC(=O)Cc1ccccc1OCc1cc(-c2cccc(C[C@@H](N)F)c2)c2occc2c1. The van der Waals surface area contributed by atoms with Crippen molar-refractivity contribution < 1.29 is 23.1 Å². The van der Waals surface area contributed by atoms with E-state index in [-0.39, 0.29) is 18.8 Å². The van der Waals surface area contributed by atoms with Crippen LogP contribution in [0.15, 0.2) is 77.4 Å². The number of furan rings is 1. The van der Waals surface area contributed by atoms with E-state index in [0.29, 0.717) is 19.0 Å². The van der Waals surface area contributed by atoms with Crippen LogP contribution in [0.3, 0.4) is 0 Å². The van der Waals surface area contributed by atoms with Gasteiger partial charge >= 0.3 is 5.97 Å². The monoisotopic (exact) mass is 447 g/mol. The molecule has 0 fully saturated rings. The maximum absolute atomic E-state index is 13.3. The Bertz CT molecular complexity index is 1250. The second-order valence-corrected chi connectivity index (χ2v) is 7.78. The third-order valence-electron chi connectivity index (χ3n) is 5.29. The lowest BCUT2D eigenvalue weighted by Crippen LogP contribution is -2.15. The van der Waals surface area contributed by atoms with E-state index in [4.69, 9.17) is 19.6 Å². The van der Waals surface area contributed by atoms with Crippen LogP contribution >= 0.6 is 0 Å². The molecule has 4 rings (SSSR count). The van der Waals surface area contributed by atoms with E-state index in [0.717, 1.165) is 38.8 Å². The van der Waals surface area contributed by atoms with Gasteiger partial charge in [0.15, 0.2) is 6.30 Å². The van der Waals surface area contributed by atoms with Crippen molar-refractivity contribution >= 4 is 16.9 Å². The molecule has 4 aromatic rings. The summed E-state index contributed by atoms with van der Waals surface area (Å²) in [6.45, 7) is 2.43. The van der Waals surface area contributed by atoms with Crippen LogP contribution in [-0.4, -0.2) is 18.9 Å². The third kappa shape index (κ3) is 5.59. The lowest BCUT2D eigenvalue weighted by atomic mass is 9.98. The van der Waals surface area contributed by atoms with Crippen LogP contribution in [0.4, 0.5) is 4.39 Å². The largest absolute Gasteiger partial charge is 0.489 e. The molecule has 33 heavy (non-hydrogen) atoms. The number of rotatable bonds is 9. The second kappa shape index (κ2) is 10.3. The van der Waals surface area contributed by atoms with E-state index >= 15 is 0 Å². The van der Waals surface area contributed by atoms with Gasteiger partial charge in [0.25, 0.3) is 0 Å². The molecule has 1 heterocycles. The summed E-state index contributed by atoms with van der Waals surface area (Å²) in [5.74, 6) is 0.349. The molecule has 5 nitrogen and oxygen atoms in total. The fourth-order valence-electron chi connectivity index (χ4n) is 3.85. The zero-order chi connectivity index (χ0) is 23.2. The van der Waals surface area contributed by atoms with E-state index in [9.17, 15) is 9.18 Å². The Kier molecular flexibility index (Phi) is 7.05. The van der Waals surface area contributed by atoms with Gasteiger partial charge in [0.2, 0.25) is 0 Å². The molecule has 0 amide bonds. The number of carbonyl (C=O) groups excluding carboxylic acids is 1. The minimum Gasteiger partial charge on any atom is -0.489 e. The Hall–Kier alpha value is -3.64. The molecule has 0 aliphatic heterocycles. The predicted molar refractivity (Wildman–Crippen MR) is 126 cm³/mol. The number of esters is 1. The van der Waals surface area contributed by atoms with Gasteiger partial charge in [0.1, 0.15) is 17.9 Å². The number of para-hydroxylation sites is 1. The van der Waals surface area contributed by atoms with Gasteiger partial charge in [-0.2, -0.15) is 0 Å². The molecule has 0 radical (unpaired) electrons. The van der Waals surface area contributed by atoms with Crippen LogP contribution in [0.25, 0.3) is 22.1 Å². The van der Waals surface area contributed by atoms with Crippen LogP contribution in [0.5, 0.6) is 5.75 Å². The summed E-state index contributed by atoms with van der Waals surface area (Å²) in [6.07, 6.45) is 0.544. The number of fused-ring (bicyclic) bond motifs is 1. The lowest BCUT2D eigenvalue weighted by Gasteiger charge is -2.13. The normalized spacial score (nSPS) is 12.0. The number of nitrogens with two attached hydrogens (primary N) is 1. The Morgan fingerprint density at radius 3 is 2.73 bits per heavy atom. The number of alkyl halides is 1. The van der Waals surface area contributed by atoms with Crippen LogP contribution in [0.1, 0.15) is 23.6 Å². The number of benzene rings is 3. The van der Waals surface area contributed by atoms with Crippen molar-refractivity contribution in [3.63, 3.8) is 0 Å². The molecule has 0 aliphatic rings.